The van der Waals surface area contributed by atoms with Gasteiger partial charge in [-0.15, -0.1) is 0 Å². The molecule has 29 heavy (non-hydrogen) atoms. The van der Waals surface area contributed by atoms with Gasteiger partial charge in [0.1, 0.15) is 11.3 Å². The number of anilines is 1. The number of aromatic carboxylic acids is 1. The SMILES string of the molecule is COc1ccc(NC(=O)c2cc(CNC(=O)C(C)(C)I)ccc2C)cc1C(=O)O. The first kappa shape index (κ1) is 22.7. The Morgan fingerprint density at radius 2 is 1.79 bits per heavy atom. The van der Waals surface area contributed by atoms with Crippen LogP contribution < -0.4 is 15.4 Å². The Balaban J connectivity index is 2.20. The lowest BCUT2D eigenvalue weighted by Gasteiger charge is -2.16. The minimum atomic E-state index is -1.15. The molecule has 2 amide bonds. The van der Waals surface area contributed by atoms with Crippen molar-refractivity contribution in [2.24, 2.45) is 0 Å². The maximum atomic E-state index is 12.7. The van der Waals surface area contributed by atoms with Gasteiger partial charge in [-0.1, -0.05) is 34.7 Å². The van der Waals surface area contributed by atoms with E-state index < -0.39 is 9.39 Å². The van der Waals surface area contributed by atoms with Crippen molar-refractivity contribution < 1.29 is 24.2 Å². The summed E-state index contributed by atoms with van der Waals surface area (Å²) < 4.78 is 4.50. The third-order valence-corrected chi connectivity index (χ3v) is 4.72. The largest absolute Gasteiger partial charge is 0.496 e. The van der Waals surface area contributed by atoms with Crippen LogP contribution in [0.5, 0.6) is 5.75 Å². The van der Waals surface area contributed by atoms with Gasteiger partial charge < -0.3 is 20.5 Å². The summed E-state index contributed by atoms with van der Waals surface area (Å²) in [5.74, 6) is -1.40. The fourth-order valence-electron chi connectivity index (χ4n) is 2.57. The molecule has 0 saturated heterocycles. The van der Waals surface area contributed by atoms with E-state index in [1.807, 2.05) is 32.9 Å². The molecule has 0 unspecified atom stereocenters. The van der Waals surface area contributed by atoms with Gasteiger partial charge in [0, 0.05) is 17.8 Å². The highest BCUT2D eigenvalue weighted by Gasteiger charge is 2.23. The summed E-state index contributed by atoms with van der Waals surface area (Å²) >= 11 is 2.07. The van der Waals surface area contributed by atoms with Gasteiger partial charge in [0.25, 0.3) is 5.91 Å². The molecule has 0 aliphatic rings. The molecule has 0 fully saturated rings. The van der Waals surface area contributed by atoms with Crippen LogP contribution in [0.1, 0.15) is 45.7 Å². The van der Waals surface area contributed by atoms with Crippen LogP contribution in [0.2, 0.25) is 0 Å². The molecule has 154 valence electrons. The maximum Gasteiger partial charge on any atom is 0.339 e. The van der Waals surface area contributed by atoms with Crippen molar-refractivity contribution in [2.45, 2.75) is 30.7 Å². The first-order chi connectivity index (χ1) is 13.5. The Kier molecular flexibility index (Phi) is 7.23. The van der Waals surface area contributed by atoms with E-state index >= 15 is 0 Å². The number of amides is 2. The Morgan fingerprint density at radius 1 is 1.10 bits per heavy atom. The number of carboxylic acid groups (broad SMARTS) is 1. The topological polar surface area (TPSA) is 105 Å². The van der Waals surface area contributed by atoms with E-state index in [1.54, 1.807) is 12.1 Å². The molecule has 7 nitrogen and oxygen atoms in total. The van der Waals surface area contributed by atoms with Crippen LogP contribution in [-0.2, 0) is 11.3 Å². The first-order valence-corrected chi connectivity index (χ1v) is 9.90. The number of hydrogen-bond donors (Lipinski definition) is 3. The molecule has 0 atom stereocenters. The number of carboxylic acids is 1. The van der Waals surface area contributed by atoms with Crippen LogP contribution in [0.15, 0.2) is 36.4 Å². The van der Waals surface area contributed by atoms with E-state index in [-0.39, 0.29) is 23.1 Å². The second-order valence-corrected chi connectivity index (χ2v) is 9.68. The fourth-order valence-corrected chi connectivity index (χ4v) is 2.76. The molecule has 3 N–H and O–H groups in total. The molecule has 0 aliphatic heterocycles. The standard InChI is InChI=1S/C21H23IN2O5/c1-12-5-6-13(11-23-20(28)21(2,3)22)9-15(12)18(25)24-14-7-8-17(29-4)16(10-14)19(26)27/h5-10H,11H2,1-4H3,(H,23,28)(H,24,25)(H,26,27). The molecule has 2 rings (SSSR count). The second kappa shape index (κ2) is 9.25. The number of carbonyl (C=O) groups excluding carboxylic acids is 2. The van der Waals surface area contributed by atoms with Crippen molar-refractivity contribution in [3.63, 3.8) is 0 Å². The predicted octanol–water partition coefficient (Wildman–Crippen LogP) is 3.78. The second-order valence-electron chi connectivity index (χ2n) is 6.98. The van der Waals surface area contributed by atoms with Gasteiger partial charge >= 0.3 is 5.97 Å². The normalized spacial score (nSPS) is 10.9. The average Bonchev–Trinajstić information content (AvgIpc) is 2.66. The lowest BCUT2D eigenvalue weighted by molar-refractivity contribution is -0.122. The third kappa shape index (κ3) is 5.93. The molecule has 0 bridgehead atoms. The van der Waals surface area contributed by atoms with E-state index in [2.05, 4.69) is 33.2 Å². The molecule has 0 heterocycles. The number of alkyl halides is 1. The van der Waals surface area contributed by atoms with Crippen molar-refractivity contribution in [3.05, 3.63) is 58.7 Å². The van der Waals surface area contributed by atoms with Crippen LogP contribution in [0, 0.1) is 6.92 Å². The average molecular weight is 510 g/mol. The maximum absolute atomic E-state index is 12.7. The highest BCUT2D eigenvalue weighted by atomic mass is 127. The van der Waals surface area contributed by atoms with Crippen LogP contribution in [0.25, 0.3) is 0 Å². The lowest BCUT2D eigenvalue weighted by Crippen LogP contribution is -2.36. The molecular formula is C21H23IN2O5. The number of rotatable bonds is 7. The molecule has 0 radical (unpaired) electrons. The summed E-state index contributed by atoms with van der Waals surface area (Å²) in [5, 5.41) is 14.9. The molecule has 8 heteroatoms. The number of ether oxygens (including phenoxy) is 1. The number of carbonyl (C=O) groups is 3. The fraction of sp³-hybridized carbons (Fsp3) is 0.286. The summed E-state index contributed by atoms with van der Waals surface area (Å²) in [7, 11) is 1.38. The lowest BCUT2D eigenvalue weighted by atomic mass is 10.0. The van der Waals surface area contributed by atoms with Crippen LogP contribution in [0.3, 0.4) is 0 Å². The number of hydrogen-bond acceptors (Lipinski definition) is 4. The van der Waals surface area contributed by atoms with Crippen molar-refractivity contribution in [1.82, 2.24) is 5.32 Å². The zero-order chi connectivity index (χ0) is 21.8. The monoisotopic (exact) mass is 510 g/mol. The van der Waals surface area contributed by atoms with Gasteiger partial charge in [-0.25, -0.2) is 4.79 Å². The quantitative estimate of drug-likeness (QED) is 0.389. The Bertz CT molecular complexity index is 951. The van der Waals surface area contributed by atoms with E-state index in [0.717, 1.165) is 11.1 Å². The highest BCUT2D eigenvalue weighted by molar-refractivity contribution is 14.1. The minimum Gasteiger partial charge on any atom is -0.496 e. The molecular weight excluding hydrogens is 487 g/mol. The smallest absolute Gasteiger partial charge is 0.339 e. The molecule has 2 aromatic carbocycles. The van der Waals surface area contributed by atoms with Crippen LogP contribution in [-0.4, -0.2) is 33.4 Å². The Morgan fingerprint density at radius 3 is 2.38 bits per heavy atom. The molecule has 0 aliphatic carbocycles. The summed E-state index contributed by atoms with van der Waals surface area (Å²) in [6, 6.07) is 9.78. The summed E-state index contributed by atoms with van der Waals surface area (Å²) in [5.41, 5.74) is 2.30. The van der Waals surface area contributed by atoms with Gasteiger partial charge in [-0.2, -0.15) is 0 Å². The molecule has 0 aromatic heterocycles. The van der Waals surface area contributed by atoms with Crippen molar-refractivity contribution in [3.8, 4) is 5.75 Å². The predicted molar refractivity (Wildman–Crippen MR) is 119 cm³/mol. The summed E-state index contributed by atoms with van der Waals surface area (Å²) in [6.45, 7) is 5.74. The van der Waals surface area contributed by atoms with Gasteiger partial charge in [0.15, 0.2) is 0 Å². The summed E-state index contributed by atoms with van der Waals surface area (Å²) in [6.07, 6.45) is 0. The van der Waals surface area contributed by atoms with E-state index in [9.17, 15) is 19.5 Å². The van der Waals surface area contributed by atoms with Crippen molar-refractivity contribution in [1.29, 1.82) is 0 Å². The zero-order valence-corrected chi connectivity index (χ0v) is 18.8. The first-order valence-electron chi connectivity index (χ1n) is 8.82. The number of nitrogens with one attached hydrogen (secondary N) is 2. The van der Waals surface area contributed by atoms with Crippen molar-refractivity contribution in [2.75, 3.05) is 12.4 Å². The number of methoxy groups -OCH3 is 1. The third-order valence-electron chi connectivity index (χ3n) is 4.23. The summed E-state index contributed by atoms with van der Waals surface area (Å²) in [4.78, 5) is 36.1. The molecule has 0 saturated carbocycles. The van der Waals surface area contributed by atoms with Crippen molar-refractivity contribution >= 4 is 46.1 Å². The Labute approximate surface area is 183 Å². The molecule has 2 aromatic rings. The number of halogens is 1. The van der Waals surface area contributed by atoms with Crippen LogP contribution in [0.4, 0.5) is 5.69 Å². The Hall–Kier alpha value is -2.62. The zero-order valence-electron chi connectivity index (χ0n) is 16.6. The van der Waals surface area contributed by atoms with Gasteiger partial charge in [-0.05, 0) is 56.2 Å². The van der Waals surface area contributed by atoms with Gasteiger partial charge in [-0.3, -0.25) is 9.59 Å². The highest BCUT2D eigenvalue weighted by Crippen LogP contribution is 2.23. The number of benzene rings is 2. The van der Waals surface area contributed by atoms with E-state index in [1.165, 1.54) is 19.2 Å². The minimum absolute atomic E-state index is 0.0418. The number of aryl methyl sites for hydroxylation is 1. The van der Waals surface area contributed by atoms with E-state index in [0.29, 0.717) is 17.8 Å². The van der Waals surface area contributed by atoms with Gasteiger partial charge in [0.05, 0.1) is 10.5 Å². The van der Waals surface area contributed by atoms with E-state index in [4.69, 9.17) is 4.74 Å². The van der Waals surface area contributed by atoms with Crippen LogP contribution >= 0.6 is 22.6 Å². The molecule has 0 spiro atoms. The van der Waals surface area contributed by atoms with Gasteiger partial charge in [0.2, 0.25) is 5.91 Å².